The van der Waals surface area contributed by atoms with Crippen molar-refractivity contribution in [1.82, 2.24) is 0 Å². The Morgan fingerprint density at radius 1 is 1.67 bits per heavy atom. The van der Waals surface area contributed by atoms with E-state index in [2.05, 4.69) is 20.8 Å². The fourth-order valence-electron chi connectivity index (χ4n) is 1.39. The number of carbonyl (C=O) groups excluding carboxylic acids is 1. The van der Waals surface area contributed by atoms with Gasteiger partial charge in [-0.25, -0.2) is 0 Å². The minimum atomic E-state index is 0.0556. The van der Waals surface area contributed by atoms with Crippen molar-refractivity contribution in [2.24, 2.45) is 11.8 Å². The molecule has 68 valence electrons. The molecular formula is C9H14OS2. The Morgan fingerprint density at radius 2 is 2.25 bits per heavy atom. The van der Waals surface area contributed by atoms with Crippen molar-refractivity contribution in [2.45, 2.75) is 32.4 Å². The minimum Gasteiger partial charge on any atom is -0.286 e. The van der Waals surface area contributed by atoms with Crippen LogP contribution in [-0.4, -0.2) is 15.2 Å². The molecule has 0 aromatic carbocycles. The van der Waals surface area contributed by atoms with Gasteiger partial charge in [0.05, 0.1) is 5.92 Å². The Labute approximate surface area is 83.3 Å². The first-order chi connectivity index (χ1) is 5.52. The van der Waals surface area contributed by atoms with E-state index in [1.807, 2.05) is 0 Å². The molecule has 0 N–H and O–H groups in total. The van der Waals surface area contributed by atoms with Crippen LogP contribution in [0, 0.1) is 11.8 Å². The number of thiocarbonyl (C=S) groups is 1. The molecule has 1 saturated heterocycles. The summed E-state index contributed by atoms with van der Waals surface area (Å²) in [5.41, 5.74) is 0. The number of hydrogen-bond donors (Lipinski definition) is 0. The molecule has 1 fully saturated rings. The lowest BCUT2D eigenvalue weighted by molar-refractivity contribution is -0.112. The molecule has 1 aliphatic rings. The zero-order chi connectivity index (χ0) is 9.30. The van der Waals surface area contributed by atoms with Gasteiger partial charge in [-0.2, -0.15) is 0 Å². The summed E-state index contributed by atoms with van der Waals surface area (Å²) in [6.07, 6.45) is 0.945. The largest absolute Gasteiger partial charge is 0.286 e. The van der Waals surface area contributed by atoms with Gasteiger partial charge >= 0.3 is 0 Å². The van der Waals surface area contributed by atoms with Crippen LogP contribution < -0.4 is 0 Å². The first-order valence-electron chi connectivity index (χ1n) is 4.26. The molecule has 1 nitrogen and oxygen atoms in total. The number of carbonyl (C=O) groups is 1. The van der Waals surface area contributed by atoms with Crippen molar-refractivity contribution in [3.63, 3.8) is 0 Å². The van der Waals surface area contributed by atoms with E-state index in [0.29, 0.717) is 11.2 Å². The van der Waals surface area contributed by atoms with E-state index in [-0.39, 0.29) is 11.0 Å². The average molecular weight is 202 g/mol. The maximum absolute atomic E-state index is 11.4. The monoisotopic (exact) mass is 202 g/mol. The van der Waals surface area contributed by atoms with E-state index in [1.54, 1.807) is 0 Å². The van der Waals surface area contributed by atoms with Crippen molar-refractivity contribution in [3.05, 3.63) is 0 Å². The van der Waals surface area contributed by atoms with Gasteiger partial charge in [0.15, 0.2) is 5.12 Å². The molecule has 0 aromatic rings. The van der Waals surface area contributed by atoms with Crippen molar-refractivity contribution in [1.29, 1.82) is 0 Å². The van der Waals surface area contributed by atoms with E-state index in [1.165, 1.54) is 11.8 Å². The van der Waals surface area contributed by atoms with Crippen molar-refractivity contribution in [3.8, 4) is 0 Å². The van der Waals surface area contributed by atoms with Crippen LogP contribution in [-0.2, 0) is 4.79 Å². The standard InChI is InChI=1S/C9H14OS2/c1-5(2)8(11)7-4-6(3)12-9(7)10/h5-7H,4H2,1-3H3. The van der Waals surface area contributed by atoms with Gasteiger partial charge in [-0.05, 0) is 12.3 Å². The molecule has 2 unspecified atom stereocenters. The predicted octanol–water partition coefficient (Wildman–Crippen LogP) is 2.68. The molecule has 0 bridgehead atoms. The van der Waals surface area contributed by atoms with Crippen LogP contribution >= 0.6 is 24.0 Å². The van der Waals surface area contributed by atoms with E-state index in [9.17, 15) is 4.79 Å². The highest BCUT2D eigenvalue weighted by Gasteiger charge is 2.34. The van der Waals surface area contributed by atoms with Gasteiger partial charge in [0.2, 0.25) is 0 Å². The molecular weight excluding hydrogens is 188 g/mol. The second-order valence-electron chi connectivity index (χ2n) is 3.59. The Hall–Kier alpha value is 0.110. The van der Waals surface area contributed by atoms with E-state index >= 15 is 0 Å². The van der Waals surface area contributed by atoms with Crippen LogP contribution in [0.2, 0.25) is 0 Å². The van der Waals surface area contributed by atoms with Crippen LogP contribution in [0.1, 0.15) is 27.2 Å². The van der Waals surface area contributed by atoms with Gasteiger partial charge in [0.25, 0.3) is 0 Å². The maximum atomic E-state index is 11.4. The summed E-state index contributed by atoms with van der Waals surface area (Å²) in [6, 6.07) is 0. The van der Waals surface area contributed by atoms with Crippen LogP contribution in [0.3, 0.4) is 0 Å². The van der Waals surface area contributed by atoms with Crippen LogP contribution in [0.15, 0.2) is 0 Å². The summed E-state index contributed by atoms with van der Waals surface area (Å²) >= 11 is 6.68. The summed E-state index contributed by atoms with van der Waals surface area (Å²) in [5, 5.41) is 0.736. The zero-order valence-electron chi connectivity index (χ0n) is 7.66. The highest BCUT2D eigenvalue weighted by molar-refractivity contribution is 8.14. The summed E-state index contributed by atoms with van der Waals surface area (Å²) in [7, 11) is 0. The zero-order valence-corrected chi connectivity index (χ0v) is 9.30. The van der Waals surface area contributed by atoms with Gasteiger partial charge in [-0.3, -0.25) is 4.79 Å². The molecule has 12 heavy (non-hydrogen) atoms. The molecule has 0 aromatic heterocycles. The summed E-state index contributed by atoms with van der Waals surface area (Å²) in [6.45, 7) is 6.21. The fraction of sp³-hybridized carbons (Fsp3) is 0.778. The third-order valence-electron chi connectivity index (χ3n) is 2.08. The highest BCUT2D eigenvalue weighted by atomic mass is 32.2. The lowest BCUT2D eigenvalue weighted by Crippen LogP contribution is -2.20. The summed E-state index contributed by atoms with van der Waals surface area (Å²) < 4.78 is 0. The Balaban J connectivity index is 2.64. The molecule has 0 saturated carbocycles. The molecule has 0 aliphatic carbocycles. The van der Waals surface area contributed by atoms with Gasteiger partial charge in [-0.15, -0.1) is 0 Å². The lowest BCUT2D eigenvalue weighted by atomic mass is 9.94. The van der Waals surface area contributed by atoms with Crippen LogP contribution in [0.25, 0.3) is 0 Å². The van der Waals surface area contributed by atoms with E-state index in [0.717, 1.165) is 11.3 Å². The fourth-order valence-corrected chi connectivity index (χ4v) is 2.74. The van der Waals surface area contributed by atoms with Gasteiger partial charge < -0.3 is 0 Å². The number of thioether (sulfide) groups is 1. The van der Waals surface area contributed by atoms with Crippen molar-refractivity contribution in [2.75, 3.05) is 0 Å². The van der Waals surface area contributed by atoms with Gasteiger partial charge in [-0.1, -0.05) is 44.8 Å². The first-order valence-corrected chi connectivity index (χ1v) is 5.55. The third kappa shape index (κ3) is 2.07. The quantitative estimate of drug-likeness (QED) is 0.641. The van der Waals surface area contributed by atoms with Crippen LogP contribution in [0.4, 0.5) is 0 Å². The molecule has 1 rings (SSSR count). The van der Waals surface area contributed by atoms with E-state index in [4.69, 9.17) is 12.2 Å². The SMILES string of the molecule is CC1CC(C(=S)C(C)C)C(=O)S1. The second-order valence-corrected chi connectivity index (χ2v) is 5.51. The number of hydrogen-bond acceptors (Lipinski definition) is 3. The Bertz CT molecular complexity index is 211. The van der Waals surface area contributed by atoms with Crippen LogP contribution in [0.5, 0.6) is 0 Å². The normalized spacial score (nSPS) is 29.8. The molecule has 1 heterocycles. The Morgan fingerprint density at radius 3 is 2.58 bits per heavy atom. The number of rotatable bonds is 2. The Kier molecular flexibility index (Phi) is 3.29. The second kappa shape index (κ2) is 3.88. The van der Waals surface area contributed by atoms with Crippen molar-refractivity contribution >= 4 is 34.0 Å². The van der Waals surface area contributed by atoms with E-state index < -0.39 is 0 Å². The lowest BCUT2D eigenvalue weighted by Gasteiger charge is -2.12. The maximum Gasteiger partial charge on any atom is 0.197 e. The molecule has 3 heteroatoms. The minimum absolute atomic E-state index is 0.0556. The topological polar surface area (TPSA) is 17.1 Å². The van der Waals surface area contributed by atoms with Crippen molar-refractivity contribution < 1.29 is 4.79 Å². The molecule has 0 spiro atoms. The molecule has 0 amide bonds. The molecule has 0 radical (unpaired) electrons. The predicted molar refractivity (Wildman–Crippen MR) is 57.6 cm³/mol. The summed E-state index contributed by atoms with van der Waals surface area (Å²) in [5.74, 6) is 0.417. The molecule has 2 atom stereocenters. The third-order valence-corrected chi connectivity index (χ3v) is 3.95. The van der Waals surface area contributed by atoms with Gasteiger partial charge in [0.1, 0.15) is 0 Å². The molecule has 1 aliphatic heterocycles. The average Bonchev–Trinajstić information content (AvgIpc) is 2.28. The smallest absolute Gasteiger partial charge is 0.197 e. The van der Waals surface area contributed by atoms with Gasteiger partial charge in [0, 0.05) is 10.1 Å². The highest BCUT2D eigenvalue weighted by Crippen LogP contribution is 2.34. The summed E-state index contributed by atoms with van der Waals surface area (Å²) in [4.78, 5) is 12.3. The first kappa shape index (κ1) is 10.2.